The van der Waals surface area contributed by atoms with Crippen LogP contribution in [0.1, 0.15) is 57.2 Å². The minimum Gasteiger partial charge on any atom is -0.350 e. The molecule has 36 heavy (non-hydrogen) atoms. The second kappa shape index (κ2) is 12.1. The second-order valence-electron chi connectivity index (χ2n) is 10.3. The van der Waals surface area contributed by atoms with Crippen molar-refractivity contribution < 1.29 is 18.0 Å². The fourth-order valence-electron chi connectivity index (χ4n) is 3.97. The predicted molar refractivity (Wildman–Crippen MR) is 147 cm³/mol. The monoisotopic (exact) mass is 535 g/mol. The van der Waals surface area contributed by atoms with Gasteiger partial charge in [0.2, 0.25) is 21.8 Å². The van der Waals surface area contributed by atoms with Crippen LogP contribution in [0.4, 0.5) is 5.69 Å². The fourth-order valence-corrected chi connectivity index (χ4v) is 5.11. The van der Waals surface area contributed by atoms with Gasteiger partial charge in [-0.25, -0.2) is 8.42 Å². The van der Waals surface area contributed by atoms with E-state index in [2.05, 4.69) is 5.32 Å². The first-order valence-electron chi connectivity index (χ1n) is 12.0. The normalized spacial score (nSPS) is 12.7. The summed E-state index contributed by atoms with van der Waals surface area (Å²) in [7, 11) is -3.55. The van der Waals surface area contributed by atoms with Gasteiger partial charge in [-0.05, 0) is 82.9 Å². The average Bonchev–Trinajstić information content (AvgIpc) is 2.72. The molecular weight excluding hydrogens is 498 g/mol. The molecule has 0 fully saturated rings. The van der Waals surface area contributed by atoms with Gasteiger partial charge >= 0.3 is 0 Å². The molecule has 0 unspecified atom stereocenters. The van der Waals surface area contributed by atoms with Gasteiger partial charge in [0.15, 0.2) is 0 Å². The van der Waals surface area contributed by atoms with E-state index in [1.54, 1.807) is 19.1 Å². The molecule has 1 atom stereocenters. The number of benzene rings is 2. The van der Waals surface area contributed by atoms with Gasteiger partial charge < -0.3 is 10.2 Å². The molecule has 0 aliphatic rings. The summed E-state index contributed by atoms with van der Waals surface area (Å²) in [6, 6.07) is 12.1. The lowest BCUT2D eigenvalue weighted by atomic mass is 10.1. The molecule has 0 bridgehead atoms. The van der Waals surface area contributed by atoms with Crippen LogP contribution in [-0.2, 0) is 26.2 Å². The Bertz CT molecular complexity index is 1170. The van der Waals surface area contributed by atoms with Crippen molar-refractivity contribution in [1.29, 1.82) is 0 Å². The van der Waals surface area contributed by atoms with Crippen LogP contribution in [0.3, 0.4) is 0 Å². The molecule has 9 heteroatoms. The number of sulfonamides is 1. The number of halogens is 1. The number of rotatable bonds is 10. The van der Waals surface area contributed by atoms with Crippen molar-refractivity contribution in [3.8, 4) is 0 Å². The molecule has 2 amide bonds. The zero-order valence-electron chi connectivity index (χ0n) is 22.3. The zero-order valence-corrected chi connectivity index (χ0v) is 23.8. The summed E-state index contributed by atoms with van der Waals surface area (Å²) in [5.74, 6) is -0.517. The summed E-state index contributed by atoms with van der Waals surface area (Å²) in [6.07, 6.45) is 1.54. The summed E-state index contributed by atoms with van der Waals surface area (Å²) in [6.45, 7) is 11.5. The van der Waals surface area contributed by atoms with Crippen LogP contribution < -0.4 is 9.62 Å². The summed E-state index contributed by atoms with van der Waals surface area (Å²) < 4.78 is 26.4. The highest BCUT2D eigenvalue weighted by Gasteiger charge is 2.29. The van der Waals surface area contributed by atoms with E-state index in [1.807, 2.05) is 65.0 Å². The Kier molecular flexibility index (Phi) is 9.97. The highest BCUT2D eigenvalue weighted by atomic mass is 35.5. The van der Waals surface area contributed by atoms with Crippen LogP contribution in [0.25, 0.3) is 0 Å². The third-order valence-electron chi connectivity index (χ3n) is 5.61. The Labute approximate surface area is 220 Å². The lowest BCUT2D eigenvalue weighted by Gasteiger charge is -2.32. The van der Waals surface area contributed by atoms with E-state index in [9.17, 15) is 18.0 Å². The largest absolute Gasteiger partial charge is 0.350 e. The molecule has 0 aliphatic carbocycles. The number of hydrogen-bond donors (Lipinski definition) is 1. The van der Waals surface area contributed by atoms with Gasteiger partial charge in [0.1, 0.15) is 6.04 Å². The van der Waals surface area contributed by atoms with E-state index >= 15 is 0 Å². The van der Waals surface area contributed by atoms with E-state index in [0.717, 1.165) is 22.9 Å². The highest BCUT2D eigenvalue weighted by molar-refractivity contribution is 7.92. The fraction of sp³-hybridized carbons (Fsp3) is 0.481. The number of aryl methyl sites for hydroxylation is 2. The van der Waals surface area contributed by atoms with Crippen molar-refractivity contribution in [2.75, 3.05) is 17.1 Å². The van der Waals surface area contributed by atoms with Crippen molar-refractivity contribution in [3.63, 3.8) is 0 Å². The lowest BCUT2D eigenvalue weighted by molar-refractivity contribution is -0.141. The first-order valence-corrected chi connectivity index (χ1v) is 14.2. The van der Waals surface area contributed by atoms with E-state index in [0.29, 0.717) is 17.1 Å². The molecule has 0 aliphatic heterocycles. The van der Waals surface area contributed by atoms with Crippen molar-refractivity contribution >= 4 is 39.1 Å². The molecule has 0 saturated heterocycles. The van der Waals surface area contributed by atoms with E-state index in [1.165, 1.54) is 9.21 Å². The average molecular weight is 536 g/mol. The van der Waals surface area contributed by atoms with Gasteiger partial charge in [-0.15, -0.1) is 0 Å². The molecule has 7 nitrogen and oxygen atoms in total. The van der Waals surface area contributed by atoms with Crippen LogP contribution in [0.2, 0.25) is 5.02 Å². The topological polar surface area (TPSA) is 86.8 Å². The summed E-state index contributed by atoms with van der Waals surface area (Å²) in [4.78, 5) is 27.8. The SMILES string of the molecule is Cc1cc(C)cc(N(CCCC(=O)N(Cc2ccccc2Cl)[C@H](C)C(=O)NC(C)(C)C)S(C)(=O)=O)c1. The van der Waals surface area contributed by atoms with Crippen LogP contribution in [0, 0.1) is 13.8 Å². The molecule has 0 spiro atoms. The third kappa shape index (κ3) is 8.82. The number of carbonyl (C=O) groups is 2. The molecule has 0 aromatic heterocycles. The Balaban J connectivity index is 2.23. The molecule has 2 rings (SSSR count). The Hall–Kier alpha value is -2.58. The van der Waals surface area contributed by atoms with E-state index in [-0.39, 0.29) is 31.3 Å². The summed E-state index contributed by atoms with van der Waals surface area (Å²) >= 11 is 6.34. The number of hydrogen-bond acceptors (Lipinski definition) is 4. The molecule has 2 aromatic rings. The van der Waals surface area contributed by atoms with Crippen molar-refractivity contribution in [2.45, 2.75) is 72.5 Å². The molecule has 0 heterocycles. The number of carbonyl (C=O) groups excluding carboxylic acids is 2. The quantitative estimate of drug-likeness (QED) is 0.472. The Morgan fingerprint density at radius 1 is 1.06 bits per heavy atom. The van der Waals surface area contributed by atoms with Gasteiger partial charge in [0.25, 0.3) is 0 Å². The van der Waals surface area contributed by atoms with Gasteiger partial charge in [0.05, 0.1) is 11.9 Å². The number of nitrogens with one attached hydrogen (secondary N) is 1. The van der Waals surface area contributed by atoms with Crippen LogP contribution in [0.5, 0.6) is 0 Å². The van der Waals surface area contributed by atoms with Crippen molar-refractivity contribution in [1.82, 2.24) is 10.2 Å². The second-order valence-corrected chi connectivity index (χ2v) is 12.6. The number of nitrogens with zero attached hydrogens (tertiary/aromatic N) is 2. The van der Waals surface area contributed by atoms with Gasteiger partial charge in [-0.2, -0.15) is 0 Å². The van der Waals surface area contributed by atoms with Gasteiger partial charge in [-0.3, -0.25) is 13.9 Å². The van der Waals surface area contributed by atoms with Gasteiger partial charge in [-0.1, -0.05) is 35.9 Å². The zero-order chi connectivity index (χ0) is 27.3. The Morgan fingerprint density at radius 2 is 1.64 bits per heavy atom. The first-order chi connectivity index (χ1) is 16.6. The molecular formula is C27H38ClN3O4S. The summed E-state index contributed by atoms with van der Waals surface area (Å²) in [5, 5.41) is 3.44. The maximum absolute atomic E-state index is 13.4. The molecule has 2 aromatic carbocycles. The number of amides is 2. The van der Waals surface area contributed by atoms with E-state index in [4.69, 9.17) is 11.6 Å². The first kappa shape index (κ1) is 29.6. The minimum atomic E-state index is -3.55. The van der Waals surface area contributed by atoms with Gasteiger partial charge in [0, 0.05) is 30.1 Å². The summed E-state index contributed by atoms with van der Waals surface area (Å²) in [5.41, 5.74) is 2.77. The maximum Gasteiger partial charge on any atom is 0.242 e. The smallest absolute Gasteiger partial charge is 0.242 e. The molecule has 1 N–H and O–H groups in total. The third-order valence-corrected chi connectivity index (χ3v) is 7.17. The maximum atomic E-state index is 13.4. The predicted octanol–water partition coefficient (Wildman–Crippen LogP) is 4.84. The van der Waals surface area contributed by atoms with Crippen LogP contribution >= 0.6 is 11.6 Å². The van der Waals surface area contributed by atoms with Crippen LogP contribution in [0.15, 0.2) is 42.5 Å². The lowest BCUT2D eigenvalue weighted by Crippen LogP contribution is -2.52. The molecule has 0 radical (unpaired) electrons. The number of anilines is 1. The van der Waals surface area contributed by atoms with Crippen molar-refractivity contribution in [3.05, 3.63) is 64.2 Å². The standard InChI is InChI=1S/C27H38ClN3O4S/c1-19-15-20(2)17-23(16-19)31(36(7,34)35)14-10-13-25(32)30(18-22-11-8-9-12-24(22)28)21(3)26(33)29-27(4,5)6/h8-9,11-12,15-17,21H,10,13-14,18H2,1-7H3,(H,29,33)/t21-/m1/s1. The van der Waals surface area contributed by atoms with Crippen molar-refractivity contribution in [2.24, 2.45) is 0 Å². The van der Waals surface area contributed by atoms with Crippen LogP contribution in [-0.4, -0.2) is 49.5 Å². The highest BCUT2D eigenvalue weighted by Crippen LogP contribution is 2.23. The minimum absolute atomic E-state index is 0.0778. The Morgan fingerprint density at radius 3 is 2.17 bits per heavy atom. The molecule has 198 valence electrons. The molecule has 0 saturated carbocycles. The van der Waals surface area contributed by atoms with E-state index < -0.39 is 21.6 Å².